The lowest BCUT2D eigenvalue weighted by Crippen LogP contribution is -2.16. The lowest BCUT2D eigenvalue weighted by molar-refractivity contribution is 0.235. The lowest BCUT2D eigenvalue weighted by atomic mass is 9.78. The zero-order valence-corrected chi connectivity index (χ0v) is 38.5. The van der Waals surface area contributed by atoms with Gasteiger partial charge >= 0.3 is 0 Å². The third-order valence-corrected chi connectivity index (χ3v) is 10.1. The largest absolute Gasteiger partial charge is 0.0683 e. The first kappa shape index (κ1) is 57.6. The van der Waals surface area contributed by atoms with Crippen molar-refractivity contribution in [2.45, 2.75) is 234 Å². The summed E-state index contributed by atoms with van der Waals surface area (Å²) in [5.74, 6) is 8.76. The number of hydrogen-bond acceptors (Lipinski definition) is 0. The Morgan fingerprint density at radius 2 is 0.571 bits per heavy atom. The molecule has 0 unspecified atom stereocenters. The maximum atomic E-state index is 2.36. The van der Waals surface area contributed by atoms with E-state index in [1.165, 1.54) is 95.5 Å². The van der Waals surface area contributed by atoms with Crippen molar-refractivity contribution < 1.29 is 0 Å². The molecule has 0 aliphatic heterocycles. The number of benzene rings is 1. The molecule has 0 amide bonds. The van der Waals surface area contributed by atoms with Gasteiger partial charge in [0.15, 0.2) is 0 Å². The van der Waals surface area contributed by atoms with Gasteiger partial charge in [-0.2, -0.15) is 0 Å². The van der Waals surface area contributed by atoms with E-state index in [-0.39, 0.29) is 0 Å². The van der Waals surface area contributed by atoms with Crippen LogP contribution < -0.4 is 0 Å². The molecule has 0 aromatic heterocycles. The van der Waals surface area contributed by atoms with Crippen molar-refractivity contribution in [2.24, 2.45) is 47.3 Å². The van der Waals surface area contributed by atoms with Crippen molar-refractivity contribution in [3.63, 3.8) is 0 Å². The Hall–Kier alpha value is -0.780. The van der Waals surface area contributed by atoms with Crippen LogP contribution in [0.2, 0.25) is 0 Å². The van der Waals surface area contributed by atoms with Crippen LogP contribution in [0.5, 0.6) is 0 Å². The predicted octanol–water partition coefficient (Wildman–Crippen LogP) is 18.5. The highest BCUT2D eigenvalue weighted by atomic mass is 14.3. The van der Waals surface area contributed by atoms with Crippen molar-refractivity contribution in [1.29, 1.82) is 0 Å². The van der Waals surface area contributed by atoms with Crippen molar-refractivity contribution >= 4 is 0 Å². The predicted molar refractivity (Wildman–Crippen MR) is 235 cm³/mol. The minimum atomic E-state index is 0.659. The summed E-state index contributed by atoms with van der Waals surface area (Å²) in [6, 6.07) is 10.5. The molecule has 0 nitrogen and oxygen atoms in total. The van der Waals surface area contributed by atoms with Gasteiger partial charge in [-0.15, -0.1) is 0 Å². The highest BCUT2D eigenvalue weighted by Crippen LogP contribution is 2.36. The average Bonchev–Trinajstić information content (AvgIpc) is 3.84. The second-order valence-corrected chi connectivity index (χ2v) is 15.0. The van der Waals surface area contributed by atoms with Crippen LogP contribution in [-0.4, -0.2) is 0 Å². The number of rotatable bonds is 5. The quantitative estimate of drug-likeness (QED) is 0.288. The van der Waals surface area contributed by atoms with Gasteiger partial charge in [0.2, 0.25) is 0 Å². The average molecular weight is 691 g/mol. The summed E-state index contributed by atoms with van der Waals surface area (Å²) in [5.41, 5.74) is 1.41. The van der Waals surface area contributed by atoms with Gasteiger partial charge in [0.05, 0.1) is 0 Å². The van der Waals surface area contributed by atoms with Gasteiger partial charge in [-0.05, 0) is 71.7 Å². The Balaban J connectivity index is -0.000000155. The van der Waals surface area contributed by atoms with Crippen LogP contribution >= 0.6 is 0 Å². The molecule has 1 aromatic carbocycles. The highest BCUT2D eigenvalue weighted by Gasteiger charge is 2.24. The van der Waals surface area contributed by atoms with Crippen LogP contribution in [0, 0.1) is 47.3 Å². The Morgan fingerprint density at radius 1 is 0.327 bits per heavy atom. The minimum absolute atomic E-state index is 0.659. The topological polar surface area (TPSA) is 0 Å². The molecule has 4 saturated carbocycles. The van der Waals surface area contributed by atoms with Crippen molar-refractivity contribution in [3.8, 4) is 0 Å². The first-order valence-corrected chi connectivity index (χ1v) is 22.6. The van der Waals surface area contributed by atoms with Gasteiger partial charge in [0.25, 0.3) is 0 Å². The van der Waals surface area contributed by atoms with Crippen LogP contribution in [0.15, 0.2) is 30.3 Å². The molecule has 0 bridgehead atoms. The first-order valence-electron chi connectivity index (χ1n) is 22.6. The molecule has 4 aliphatic rings. The third-order valence-electron chi connectivity index (χ3n) is 10.1. The van der Waals surface area contributed by atoms with E-state index in [4.69, 9.17) is 0 Å². The Kier molecular flexibility index (Phi) is 51.0. The standard InChI is InChI=1S/C9H18.C9H12.C8H16.C7H14.C6H12.5C2H6/c2*1-8(2)9-6-4-3-5-7-9;1-7(2)8-5-3-4-6-8;1-6(2)7-4-3-5-7;1-5(2)6-3-4-6;5*1-2/h8-9H,3-7H2,1-2H3;3-8H,1-2H3;7-8H,3-6H2,1-2H3;6-7H,3-5H2,1-2H3;5-6H,3-4H2,1-2H3;5*1-2H3. The molecule has 49 heavy (non-hydrogen) atoms. The Bertz CT molecular complexity index is 647. The summed E-state index contributed by atoms with van der Waals surface area (Å²) in [7, 11) is 0. The lowest BCUT2D eigenvalue weighted by Gasteiger charge is -2.28. The molecule has 4 aliphatic carbocycles. The van der Waals surface area contributed by atoms with Gasteiger partial charge in [-0.3, -0.25) is 0 Å². The molecule has 0 radical (unpaired) electrons. The molecule has 0 heterocycles. The van der Waals surface area contributed by atoms with Crippen molar-refractivity contribution in [3.05, 3.63) is 35.9 Å². The molecular weight excluding hydrogens is 589 g/mol. The third kappa shape index (κ3) is 36.8. The normalized spacial score (nSPS) is 16.4. The van der Waals surface area contributed by atoms with Gasteiger partial charge in [-0.25, -0.2) is 0 Å². The molecule has 1 aromatic rings. The van der Waals surface area contributed by atoms with E-state index < -0.39 is 0 Å². The van der Waals surface area contributed by atoms with E-state index in [1.54, 1.807) is 0 Å². The summed E-state index contributed by atoms with van der Waals surface area (Å²) in [4.78, 5) is 0. The van der Waals surface area contributed by atoms with E-state index in [2.05, 4.69) is 93.5 Å². The van der Waals surface area contributed by atoms with Crippen LogP contribution in [0.3, 0.4) is 0 Å². The van der Waals surface area contributed by atoms with Crippen LogP contribution in [0.4, 0.5) is 0 Å². The minimum Gasteiger partial charge on any atom is -0.0683 e. The summed E-state index contributed by atoms with van der Waals surface area (Å²) in [6.45, 7) is 43.1. The second kappa shape index (κ2) is 43.4. The van der Waals surface area contributed by atoms with Crippen molar-refractivity contribution in [1.82, 2.24) is 0 Å². The summed E-state index contributed by atoms with van der Waals surface area (Å²) < 4.78 is 0. The fraction of sp³-hybridized carbons (Fsp3) is 0.878. The summed E-state index contributed by atoms with van der Waals surface area (Å²) in [5, 5.41) is 0. The van der Waals surface area contributed by atoms with E-state index in [1.807, 2.05) is 75.3 Å². The molecule has 0 heteroatoms. The molecule has 0 N–H and O–H groups in total. The molecule has 0 spiro atoms. The maximum Gasteiger partial charge on any atom is -0.0219 e. The Labute approximate surface area is 316 Å². The SMILES string of the molecule is CC.CC.CC.CC.CC.CC(C)C1CC1.CC(C)C1CCC1.CC(C)C1CCCC1.CC(C)C1CCCCC1.CC(C)c1ccccc1. The highest BCUT2D eigenvalue weighted by molar-refractivity contribution is 5.17. The Morgan fingerprint density at radius 3 is 0.714 bits per heavy atom. The van der Waals surface area contributed by atoms with Gasteiger partial charge in [0, 0.05) is 0 Å². The summed E-state index contributed by atoms with van der Waals surface area (Å²) >= 11 is 0. The zero-order chi connectivity index (χ0) is 39.2. The maximum absolute atomic E-state index is 2.36. The van der Waals surface area contributed by atoms with Gasteiger partial charge in [0.1, 0.15) is 0 Å². The number of hydrogen-bond donors (Lipinski definition) is 0. The monoisotopic (exact) mass is 691 g/mol. The molecular formula is C49H102. The molecule has 0 saturated heterocycles. The fourth-order valence-corrected chi connectivity index (χ4v) is 6.13. The smallest absolute Gasteiger partial charge is 0.0219 e. The fourth-order valence-electron chi connectivity index (χ4n) is 6.13. The molecule has 0 atom stereocenters. The van der Waals surface area contributed by atoms with Crippen LogP contribution in [0.1, 0.15) is 240 Å². The molecule has 4 fully saturated rings. The van der Waals surface area contributed by atoms with E-state index in [0.29, 0.717) is 5.92 Å². The van der Waals surface area contributed by atoms with E-state index in [9.17, 15) is 0 Å². The molecule has 5 rings (SSSR count). The first-order chi connectivity index (χ1) is 23.5. The second-order valence-electron chi connectivity index (χ2n) is 15.0. The zero-order valence-electron chi connectivity index (χ0n) is 38.5. The van der Waals surface area contributed by atoms with E-state index in [0.717, 1.165) is 47.3 Å². The van der Waals surface area contributed by atoms with E-state index >= 15 is 0 Å². The van der Waals surface area contributed by atoms with Gasteiger partial charge in [-0.1, -0.05) is 246 Å². The van der Waals surface area contributed by atoms with Crippen LogP contribution in [0.25, 0.3) is 0 Å². The summed E-state index contributed by atoms with van der Waals surface area (Å²) in [6.07, 6.45) is 20.9. The van der Waals surface area contributed by atoms with Crippen LogP contribution in [-0.2, 0) is 0 Å². The van der Waals surface area contributed by atoms with Gasteiger partial charge < -0.3 is 0 Å². The molecule has 298 valence electrons. The van der Waals surface area contributed by atoms with Crippen molar-refractivity contribution in [2.75, 3.05) is 0 Å².